The Hall–Kier alpha value is -1.36. The zero-order valence-corrected chi connectivity index (χ0v) is 16.8. The minimum atomic E-state index is -1.16. The summed E-state index contributed by atoms with van der Waals surface area (Å²) in [6.07, 6.45) is -0.215. The molecule has 27 heavy (non-hydrogen) atoms. The molecule has 0 aromatic heterocycles. The van der Waals surface area contributed by atoms with E-state index in [0.717, 1.165) is 0 Å². The average molecular weight is 404 g/mol. The number of carbonyl (C=O) groups excluding carboxylic acids is 1. The Bertz CT molecular complexity index is 601. The highest BCUT2D eigenvalue weighted by Gasteiger charge is 2.53. The van der Waals surface area contributed by atoms with Gasteiger partial charge in [0.05, 0.1) is 12.1 Å². The second-order valence-electron chi connectivity index (χ2n) is 7.86. The zero-order chi connectivity index (χ0) is 20.5. The number of carboxylic acids is 2. The summed E-state index contributed by atoms with van der Waals surface area (Å²) in [5.74, 6) is -3.33. The van der Waals surface area contributed by atoms with Gasteiger partial charge in [-0.25, -0.2) is 0 Å². The molecule has 1 unspecified atom stereocenters. The van der Waals surface area contributed by atoms with Gasteiger partial charge in [0.15, 0.2) is 0 Å². The predicted molar refractivity (Wildman–Crippen MR) is 101 cm³/mol. The number of amides is 1. The van der Waals surface area contributed by atoms with Crippen molar-refractivity contribution in [3.05, 3.63) is 0 Å². The number of aliphatic carboxylic acids is 2. The molecule has 5 N–H and O–H groups in total. The number of likely N-dealkylation sites (N-methyl/N-ethyl adjacent to an activating group) is 1. The van der Waals surface area contributed by atoms with Crippen LogP contribution in [0.3, 0.4) is 0 Å². The number of nitrogens with zero attached hydrogens (tertiary/aromatic N) is 1. The van der Waals surface area contributed by atoms with Crippen molar-refractivity contribution in [2.45, 2.75) is 60.9 Å². The van der Waals surface area contributed by atoms with Crippen LogP contribution in [0.2, 0.25) is 0 Å². The Kier molecular flexibility index (Phi) is 6.77. The van der Waals surface area contributed by atoms with Gasteiger partial charge in [-0.1, -0.05) is 0 Å². The summed E-state index contributed by atoms with van der Waals surface area (Å²) in [4.78, 5) is 37.0. The van der Waals surface area contributed by atoms with Gasteiger partial charge in [0.25, 0.3) is 0 Å². The van der Waals surface area contributed by atoms with E-state index in [2.05, 4.69) is 10.6 Å². The number of aliphatic hydroxyl groups excluding tert-OH is 1. The number of thioether (sulfide) groups is 1. The number of nitrogens with one attached hydrogen (secondary N) is 2. The third kappa shape index (κ3) is 4.74. The number of rotatable bonds is 7. The zero-order valence-electron chi connectivity index (χ0n) is 16.0. The predicted octanol–water partition coefficient (Wildman–Crippen LogP) is -0.806. The van der Waals surface area contributed by atoms with Gasteiger partial charge in [0, 0.05) is 36.7 Å². The van der Waals surface area contributed by atoms with Gasteiger partial charge in [0.2, 0.25) is 5.91 Å². The van der Waals surface area contributed by atoms with E-state index in [-0.39, 0.29) is 22.4 Å². The molecule has 2 heterocycles. The molecule has 2 aliphatic heterocycles. The number of carboxylic acid groups (broad SMARTS) is 2. The number of hydrogen-bond acceptors (Lipinski definition) is 7. The Balaban J connectivity index is 2.11. The smallest absolute Gasteiger partial charge is 0.321 e. The van der Waals surface area contributed by atoms with Crippen molar-refractivity contribution in [1.82, 2.24) is 15.5 Å². The molecule has 0 aliphatic carbocycles. The Morgan fingerprint density at radius 2 is 1.89 bits per heavy atom. The maximum Gasteiger partial charge on any atom is 0.321 e. The monoisotopic (exact) mass is 403 g/mol. The molecule has 0 spiro atoms. The van der Waals surface area contributed by atoms with Gasteiger partial charge >= 0.3 is 11.9 Å². The third-order valence-electron chi connectivity index (χ3n) is 5.38. The lowest BCUT2D eigenvalue weighted by atomic mass is 9.81. The lowest BCUT2D eigenvalue weighted by Gasteiger charge is -2.33. The van der Waals surface area contributed by atoms with Crippen LogP contribution in [0.25, 0.3) is 0 Å². The topological polar surface area (TPSA) is 139 Å². The lowest BCUT2D eigenvalue weighted by Crippen LogP contribution is -2.54. The first-order chi connectivity index (χ1) is 12.5. The maximum atomic E-state index is 12.1. The first-order valence-corrected chi connectivity index (χ1v) is 9.92. The molecule has 154 valence electrons. The van der Waals surface area contributed by atoms with E-state index in [0.29, 0.717) is 19.4 Å². The first-order valence-electron chi connectivity index (χ1n) is 8.97. The fourth-order valence-corrected chi connectivity index (χ4v) is 5.95. The summed E-state index contributed by atoms with van der Waals surface area (Å²) in [7, 11) is 3.39. The van der Waals surface area contributed by atoms with Gasteiger partial charge in [0.1, 0.15) is 12.0 Å². The van der Waals surface area contributed by atoms with Crippen LogP contribution < -0.4 is 10.6 Å². The van der Waals surface area contributed by atoms with Gasteiger partial charge in [-0.05, 0) is 26.7 Å². The summed E-state index contributed by atoms with van der Waals surface area (Å²) >= 11 is 1.48. The molecule has 0 saturated carbocycles. The van der Waals surface area contributed by atoms with Crippen LogP contribution >= 0.6 is 11.8 Å². The summed E-state index contributed by atoms with van der Waals surface area (Å²) in [6.45, 7) is 3.65. The number of carbonyl (C=O) groups is 3. The Labute approximate surface area is 162 Å². The van der Waals surface area contributed by atoms with Crippen molar-refractivity contribution in [1.29, 1.82) is 0 Å². The van der Waals surface area contributed by atoms with Crippen LogP contribution in [0, 0.1) is 5.92 Å². The SMILES string of the molecule is C[C@@H](O)[C@@H](C(=O)O)[C@@]1(C)C[C@@H](S[C@@H]2CN[C@H](C(=O)N(C)C)C2)C(C(=O)O)N1. The van der Waals surface area contributed by atoms with E-state index in [1.54, 1.807) is 21.0 Å². The highest BCUT2D eigenvalue weighted by atomic mass is 32.2. The molecule has 2 saturated heterocycles. The lowest BCUT2D eigenvalue weighted by molar-refractivity contribution is -0.150. The minimum Gasteiger partial charge on any atom is -0.481 e. The van der Waals surface area contributed by atoms with Crippen molar-refractivity contribution < 1.29 is 29.7 Å². The third-order valence-corrected chi connectivity index (χ3v) is 6.91. The van der Waals surface area contributed by atoms with E-state index in [9.17, 15) is 29.7 Å². The molecule has 0 aromatic carbocycles. The van der Waals surface area contributed by atoms with E-state index in [4.69, 9.17) is 0 Å². The molecule has 10 heteroatoms. The maximum absolute atomic E-state index is 12.1. The van der Waals surface area contributed by atoms with Gasteiger partial charge in [-0.15, -0.1) is 0 Å². The normalized spacial score (nSPS) is 35.6. The summed E-state index contributed by atoms with van der Waals surface area (Å²) in [6, 6.07) is -1.20. The largest absolute Gasteiger partial charge is 0.481 e. The van der Waals surface area contributed by atoms with Crippen molar-refractivity contribution >= 4 is 29.6 Å². The van der Waals surface area contributed by atoms with Crippen LogP contribution in [-0.2, 0) is 14.4 Å². The van der Waals surface area contributed by atoms with Crippen molar-refractivity contribution in [2.24, 2.45) is 5.92 Å². The molecule has 0 radical (unpaired) electrons. The van der Waals surface area contributed by atoms with E-state index in [1.807, 2.05) is 0 Å². The van der Waals surface area contributed by atoms with Crippen LogP contribution in [0.5, 0.6) is 0 Å². The fourth-order valence-electron chi connectivity index (χ4n) is 4.17. The molecular formula is C17H29N3O6S. The molecule has 2 fully saturated rings. The molecule has 0 aromatic rings. The van der Waals surface area contributed by atoms with E-state index in [1.165, 1.54) is 23.6 Å². The number of hydrogen-bond donors (Lipinski definition) is 5. The number of aliphatic hydroxyl groups is 1. The summed E-state index contributed by atoms with van der Waals surface area (Å²) in [5.41, 5.74) is -1.04. The molecular weight excluding hydrogens is 374 g/mol. The highest BCUT2D eigenvalue weighted by molar-refractivity contribution is 8.00. The molecule has 2 aliphatic rings. The van der Waals surface area contributed by atoms with Gasteiger partial charge in [-0.2, -0.15) is 11.8 Å². The van der Waals surface area contributed by atoms with Crippen molar-refractivity contribution in [3.8, 4) is 0 Å². The Morgan fingerprint density at radius 1 is 1.26 bits per heavy atom. The van der Waals surface area contributed by atoms with Crippen LogP contribution in [0.15, 0.2) is 0 Å². The van der Waals surface area contributed by atoms with Crippen LogP contribution in [0.4, 0.5) is 0 Å². The standard InChI is InChI=1S/C17H29N3O6S/c1-8(21)12(15(23)24)17(2)6-11(13(19-17)16(25)26)27-9-5-10(18-7-9)14(22)20(3)4/h8-13,18-19,21H,5-7H2,1-4H3,(H,23,24)(H,25,26)/t8-,9+,10+,11-,12+,13?,17-/m1/s1. The molecule has 9 nitrogen and oxygen atoms in total. The molecule has 2 rings (SSSR count). The minimum absolute atomic E-state index is 0.0117. The molecule has 0 bridgehead atoms. The van der Waals surface area contributed by atoms with Crippen LogP contribution in [0.1, 0.15) is 26.7 Å². The summed E-state index contributed by atoms with van der Waals surface area (Å²) < 4.78 is 0. The Morgan fingerprint density at radius 3 is 2.37 bits per heavy atom. The first kappa shape index (κ1) is 21.9. The van der Waals surface area contributed by atoms with Crippen molar-refractivity contribution in [3.63, 3.8) is 0 Å². The van der Waals surface area contributed by atoms with Crippen molar-refractivity contribution in [2.75, 3.05) is 20.6 Å². The van der Waals surface area contributed by atoms with Gasteiger partial charge in [-0.3, -0.25) is 19.7 Å². The van der Waals surface area contributed by atoms with Gasteiger partial charge < -0.3 is 25.5 Å². The quantitative estimate of drug-likeness (QED) is 0.369. The summed E-state index contributed by atoms with van der Waals surface area (Å²) in [5, 5.41) is 34.9. The van der Waals surface area contributed by atoms with E-state index < -0.39 is 35.5 Å². The molecule has 1 amide bonds. The van der Waals surface area contributed by atoms with E-state index >= 15 is 0 Å². The van der Waals surface area contributed by atoms with Crippen LogP contribution in [-0.4, -0.2) is 92.9 Å². The molecule has 7 atom stereocenters. The average Bonchev–Trinajstić information content (AvgIpc) is 3.11. The second kappa shape index (κ2) is 8.34. The highest BCUT2D eigenvalue weighted by Crippen LogP contribution is 2.41. The second-order valence-corrected chi connectivity index (χ2v) is 9.41. The fraction of sp³-hybridized carbons (Fsp3) is 0.824.